The maximum absolute atomic E-state index is 9.18. The summed E-state index contributed by atoms with van der Waals surface area (Å²) >= 11 is 0. The van der Waals surface area contributed by atoms with E-state index in [1.54, 1.807) is 6.66 Å². The zero-order valence-electron chi connectivity index (χ0n) is 8.02. The Bertz CT molecular complexity index is 175. The highest BCUT2D eigenvalue weighted by Crippen LogP contribution is 2.52. The molecule has 0 aliphatic heterocycles. The first-order valence-corrected chi connectivity index (χ1v) is 5.73. The van der Waals surface area contributed by atoms with Gasteiger partial charge in [0.15, 0.2) is 12.1 Å². The van der Waals surface area contributed by atoms with Gasteiger partial charge in [-0.1, -0.05) is 0 Å². The topological polar surface area (TPSA) is 86.3 Å². The van der Waals surface area contributed by atoms with E-state index in [1.807, 2.05) is 13.8 Å². The highest BCUT2D eigenvalue weighted by molar-refractivity contribution is 7.59. The molecule has 0 aromatic carbocycles. The summed E-state index contributed by atoms with van der Waals surface area (Å²) in [5.41, 5.74) is 0. The molecule has 0 atom stereocenters. The number of hydrogen-bond acceptors (Lipinski definition) is 5. The second-order valence-corrected chi connectivity index (χ2v) is 3.98. The third-order valence-corrected chi connectivity index (χ3v) is 2.26. The smallest absolute Gasteiger partial charge is 0.193 e. The minimum absolute atomic E-state index is 0.501. The molecule has 0 aliphatic carbocycles. The summed E-state index contributed by atoms with van der Waals surface area (Å²) in [6, 6.07) is 2.47. The molecule has 0 rings (SSSR count). The predicted octanol–water partition coefficient (Wildman–Crippen LogP) is 1.48. The molecule has 0 radical (unpaired) electrons. The van der Waals surface area contributed by atoms with E-state index in [1.165, 1.54) is 12.1 Å². The van der Waals surface area contributed by atoms with Crippen LogP contribution in [0.5, 0.6) is 0 Å². The Morgan fingerprint density at radius 3 is 1.62 bits per heavy atom. The van der Waals surface area contributed by atoms with Crippen LogP contribution in [-0.4, -0.2) is 24.8 Å². The molecule has 6 heteroatoms. The van der Waals surface area contributed by atoms with Crippen molar-refractivity contribution in [3.8, 4) is 12.1 Å². The van der Waals surface area contributed by atoms with Crippen LogP contribution in [0, 0.1) is 22.7 Å². The molecule has 0 heterocycles. The van der Waals surface area contributed by atoms with Crippen LogP contribution < -0.4 is 0 Å². The zero-order valence-corrected chi connectivity index (χ0v) is 8.91. The quantitative estimate of drug-likeness (QED) is 0.702. The average Bonchev–Trinajstić information content (AvgIpc) is 2.04. The fourth-order valence-corrected chi connectivity index (χ4v) is 1.55. The van der Waals surface area contributed by atoms with Crippen molar-refractivity contribution in [3.05, 3.63) is 0 Å². The van der Waals surface area contributed by atoms with Gasteiger partial charge in [-0.15, -0.1) is 0 Å². The SMILES string of the molecule is CCO[P+](C)(O)OCC.N#CC#N. The second kappa shape index (κ2) is 9.38. The minimum Gasteiger partial charge on any atom is -0.193 e. The number of rotatable bonds is 4. The maximum Gasteiger partial charge on any atom is 0.405 e. The lowest BCUT2D eigenvalue weighted by Crippen LogP contribution is -1.99. The Hall–Kier alpha value is -0.710. The molecule has 13 heavy (non-hydrogen) atoms. The lowest BCUT2D eigenvalue weighted by molar-refractivity contribution is 0.195. The van der Waals surface area contributed by atoms with Crippen molar-refractivity contribution in [1.82, 2.24) is 0 Å². The summed E-state index contributed by atoms with van der Waals surface area (Å²) in [7, 11) is -2.44. The van der Waals surface area contributed by atoms with Crippen LogP contribution >= 0.6 is 7.94 Å². The molecule has 5 nitrogen and oxygen atoms in total. The lowest BCUT2D eigenvalue weighted by atomic mass is 10.9. The van der Waals surface area contributed by atoms with Gasteiger partial charge in [0.1, 0.15) is 6.66 Å². The molecule has 0 fully saturated rings. The number of nitriles is 2. The summed E-state index contributed by atoms with van der Waals surface area (Å²) in [6.07, 6.45) is 0. The molecular formula is C7H14N2O3P+. The van der Waals surface area contributed by atoms with Crippen molar-refractivity contribution >= 4 is 7.94 Å². The first-order chi connectivity index (χ1) is 6.04. The van der Waals surface area contributed by atoms with Crippen molar-refractivity contribution in [2.45, 2.75) is 13.8 Å². The summed E-state index contributed by atoms with van der Waals surface area (Å²) in [5, 5.41) is 14.5. The van der Waals surface area contributed by atoms with Gasteiger partial charge in [-0.3, -0.25) is 0 Å². The molecule has 0 unspecified atom stereocenters. The Morgan fingerprint density at radius 1 is 1.15 bits per heavy atom. The Labute approximate surface area is 79.1 Å². The van der Waals surface area contributed by atoms with E-state index in [0.717, 1.165) is 0 Å². The van der Waals surface area contributed by atoms with E-state index in [0.29, 0.717) is 13.2 Å². The molecule has 0 saturated carbocycles. The molecule has 74 valence electrons. The Morgan fingerprint density at radius 2 is 1.46 bits per heavy atom. The first-order valence-electron chi connectivity index (χ1n) is 3.70. The van der Waals surface area contributed by atoms with E-state index >= 15 is 0 Å². The van der Waals surface area contributed by atoms with E-state index in [9.17, 15) is 4.89 Å². The van der Waals surface area contributed by atoms with Gasteiger partial charge in [0.05, 0.1) is 13.2 Å². The van der Waals surface area contributed by atoms with Gasteiger partial charge in [0, 0.05) is 0 Å². The number of hydrogen-bond donors (Lipinski definition) is 1. The van der Waals surface area contributed by atoms with Gasteiger partial charge in [-0.2, -0.15) is 24.5 Å². The van der Waals surface area contributed by atoms with Crippen LogP contribution in [-0.2, 0) is 9.05 Å². The summed E-state index contributed by atoms with van der Waals surface area (Å²) in [5.74, 6) is 0. The number of nitrogens with zero attached hydrogens (tertiary/aromatic N) is 2. The Balaban J connectivity index is 0. The summed E-state index contributed by atoms with van der Waals surface area (Å²) in [4.78, 5) is 9.18. The van der Waals surface area contributed by atoms with Crippen molar-refractivity contribution in [3.63, 3.8) is 0 Å². The normalized spacial score (nSPS) is 9.08. The largest absolute Gasteiger partial charge is 0.405 e. The molecule has 0 bridgehead atoms. The molecular weight excluding hydrogens is 191 g/mol. The van der Waals surface area contributed by atoms with Gasteiger partial charge >= 0.3 is 7.94 Å². The predicted molar refractivity (Wildman–Crippen MR) is 49.5 cm³/mol. The van der Waals surface area contributed by atoms with E-state index in [4.69, 9.17) is 19.6 Å². The third-order valence-electron chi connectivity index (χ3n) is 0.787. The van der Waals surface area contributed by atoms with Gasteiger partial charge in [-0.05, 0) is 13.8 Å². The molecule has 0 aliphatic rings. The van der Waals surface area contributed by atoms with Crippen molar-refractivity contribution in [2.24, 2.45) is 0 Å². The van der Waals surface area contributed by atoms with Crippen LogP contribution in [0.3, 0.4) is 0 Å². The molecule has 0 aromatic rings. The van der Waals surface area contributed by atoms with Gasteiger partial charge in [-0.25, -0.2) is 0 Å². The van der Waals surface area contributed by atoms with Crippen LogP contribution in [0.4, 0.5) is 0 Å². The fourth-order valence-electron chi connectivity index (χ4n) is 0.516. The van der Waals surface area contributed by atoms with Crippen LogP contribution in [0.1, 0.15) is 13.8 Å². The Kier molecular flexibility index (Phi) is 10.7. The van der Waals surface area contributed by atoms with E-state index in [2.05, 4.69) is 0 Å². The van der Waals surface area contributed by atoms with E-state index < -0.39 is 7.94 Å². The van der Waals surface area contributed by atoms with Crippen molar-refractivity contribution < 1.29 is 13.9 Å². The standard InChI is InChI=1S/C5H14O3P.C2N2/c1-4-7-9(3,6)8-5-2;3-1-2-4/h6H,4-5H2,1-3H3;/q+1;. The molecule has 0 saturated heterocycles. The minimum atomic E-state index is -2.44. The van der Waals surface area contributed by atoms with Gasteiger partial charge in [0.2, 0.25) is 0 Å². The van der Waals surface area contributed by atoms with E-state index in [-0.39, 0.29) is 0 Å². The maximum atomic E-state index is 9.18. The van der Waals surface area contributed by atoms with Crippen molar-refractivity contribution in [2.75, 3.05) is 19.9 Å². The highest BCUT2D eigenvalue weighted by atomic mass is 31.2. The fraction of sp³-hybridized carbons (Fsp3) is 0.714. The monoisotopic (exact) mass is 205 g/mol. The lowest BCUT2D eigenvalue weighted by Gasteiger charge is -2.09. The highest BCUT2D eigenvalue weighted by Gasteiger charge is 2.31. The first kappa shape index (κ1) is 14.8. The third kappa shape index (κ3) is 14.2. The summed E-state index contributed by atoms with van der Waals surface area (Å²) in [6.45, 7) is 6.24. The van der Waals surface area contributed by atoms with Crippen LogP contribution in [0.15, 0.2) is 0 Å². The summed E-state index contributed by atoms with van der Waals surface area (Å²) < 4.78 is 9.83. The molecule has 0 aromatic heterocycles. The van der Waals surface area contributed by atoms with Crippen LogP contribution in [0.2, 0.25) is 0 Å². The van der Waals surface area contributed by atoms with Crippen LogP contribution in [0.25, 0.3) is 0 Å². The second-order valence-electron chi connectivity index (χ2n) is 1.86. The van der Waals surface area contributed by atoms with Gasteiger partial charge in [0.25, 0.3) is 0 Å². The zero-order chi connectivity index (χ0) is 10.7. The average molecular weight is 205 g/mol. The molecule has 1 N–H and O–H groups in total. The molecule has 0 spiro atoms. The van der Waals surface area contributed by atoms with Gasteiger partial charge < -0.3 is 0 Å². The molecule has 0 amide bonds. The van der Waals surface area contributed by atoms with Crippen molar-refractivity contribution in [1.29, 1.82) is 10.5 Å².